The van der Waals surface area contributed by atoms with Crippen LogP contribution in [0.15, 0.2) is 48.7 Å². The molecule has 2 aliphatic rings. The summed E-state index contributed by atoms with van der Waals surface area (Å²) in [4.78, 5) is 31.3. The lowest BCUT2D eigenvalue weighted by molar-refractivity contribution is -0.0592. The van der Waals surface area contributed by atoms with Crippen LogP contribution in [0, 0.1) is 12.4 Å². The molecule has 11 nitrogen and oxygen atoms in total. The average Bonchev–Trinajstić information content (AvgIpc) is 3.34. The van der Waals surface area contributed by atoms with E-state index in [0.717, 1.165) is 61.9 Å². The van der Waals surface area contributed by atoms with Crippen LogP contribution < -0.4 is 9.47 Å². The van der Waals surface area contributed by atoms with Crippen LogP contribution in [0.2, 0.25) is 0 Å². The van der Waals surface area contributed by atoms with E-state index in [0.29, 0.717) is 30.4 Å². The molecule has 0 aliphatic carbocycles. The Hall–Kier alpha value is -4.60. The van der Waals surface area contributed by atoms with Crippen molar-refractivity contribution in [3.63, 3.8) is 0 Å². The summed E-state index contributed by atoms with van der Waals surface area (Å²) in [6.07, 6.45) is 4.35. The number of hydrogen-bond acceptors (Lipinski definition) is 9. The third-order valence-electron chi connectivity index (χ3n) is 7.70. The van der Waals surface area contributed by atoms with E-state index in [1.807, 2.05) is 12.1 Å². The number of ether oxygens (including phenoxy) is 4. The minimum Gasteiger partial charge on any atom is -0.483 e. The lowest BCUT2D eigenvalue weighted by Gasteiger charge is -2.32. The van der Waals surface area contributed by atoms with Gasteiger partial charge in [0.2, 0.25) is 5.88 Å². The first-order valence-electron chi connectivity index (χ1n) is 14.2. The molecular formula is C31H31FN6O5. The first-order chi connectivity index (χ1) is 21.0. The minimum atomic E-state index is -0.606. The quantitative estimate of drug-likeness (QED) is 0.193. The maximum Gasteiger partial charge on any atom is 0.337 e. The molecule has 2 aliphatic heterocycles. The van der Waals surface area contributed by atoms with Crippen molar-refractivity contribution < 1.29 is 28.1 Å². The van der Waals surface area contributed by atoms with Crippen molar-refractivity contribution in [2.75, 3.05) is 26.8 Å². The van der Waals surface area contributed by atoms with Gasteiger partial charge in [0.1, 0.15) is 18.5 Å². The van der Waals surface area contributed by atoms with E-state index in [-0.39, 0.29) is 36.2 Å². The molecule has 0 unspecified atom stereocenters. The van der Waals surface area contributed by atoms with Crippen molar-refractivity contribution in [2.24, 2.45) is 0 Å². The molecule has 6 rings (SSSR count). The Labute approximate surface area is 248 Å². The number of carbonyl (C=O) groups excluding carboxylic acids is 1. The van der Waals surface area contributed by atoms with Crippen LogP contribution in [0.5, 0.6) is 11.6 Å². The van der Waals surface area contributed by atoms with Gasteiger partial charge in [-0.05, 0) is 49.6 Å². The number of benzene rings is 2. The SMILES string of the molecule is [C-]#[N+]c1ccc(OCc2nccc(OC3CCN(Cc4nc5ccc(C(=O)OC)cc5n4C[C@@H]4CCO4)CC3)n2)c(F)c1. The van der Waals surface area contributed by atoms with Crippen LogP contribution >= 0.6 is 0 Å². The Kier molecular flexibility index (Phi) is 8.44. The van der Waals surface area contributed by atoms with Crippen LogP contribution in [0.4, 0.5) is 10.1 Å². The third-order valence-corrected chi connectivity index (χ3v) is 7.70. The number of halogens is 1. The molecule has 2 aromatic heterocycles. The second kappa shape index (κ2) is 12.7. The topological polar surface area (TPSA) is 105 Å². The fourth-order valence-electron chi connectivity index (χ4n) is 5.26. The summed E-state index contributed by atoms with van der Waals surface area (Å²) >= 11 is 0. The third kappa shape index (κ3) is 6.58. The molecule has 0 spiro atoms. The van der Waals surface area contributed by atoms with Gasteiger partial charge in [0.05, 0.1) is 49.5 Å². The molecule has 2 aromatic carbocycles. The van der Waals surface area contributed by atoms with Gasteiger partial charge in [-0.3, -0.25) is 4.90 Å². The Morgan fingerprint density at radius 1 is 1.14 bits per heavy atom. The summed E-state index contributed by atoms with van der Waals surface area (Å²) in [7, 11) is 1.38. The number of nitrogens with zero attached hydrogens (tertiary/aromatic N) is 6. The second-order valence-corrected chi connectivity index (χ2v) is 10.5. The van der Waals surface area contributed by atoms with Gasteiger partial charge in [0.25, 0.3) is 0 Å². The molecule has 0 radical (unpaired) electrons. The molecule has 2 saturated heterocycles. The van der Waals surface area contributed by atoms with Crippen molar-refractivity contribution in [1.82, 2.24) is 24.4 Å². The number of piperidine rings is 1. The average molecular weight is 587 g/mol. The van der Waals surface area contributed by atoms with Gasteiger partial charge in [-0.2, -0.15) is 4.98 Å². The van der Waals surface area contributed by atoms with Crippen molar-refractivity contribution in [1.29, 1.82) is 0 Å². The van der Waals surface area contributed by atoms with Gasteiger partial charge >= 0.3 is 5.97 Å². The molecule has 0 bridgehead atoms. The Bertz CT molecular complexity index is 1660. The zero-order valence-corrected chi connectivity index (χ0v) is 23.7. The zero-order valence-electron chi connectivity index (χ0n) is 23.7. The van der Waals surface area contributed by atoms with E-state index in [1.54, 1.807) is 18.3 Å². The Morgan fingerprint density at radius 2 is 1.98 bits per heavy atom. The number of esters is 1. The van der Waals surface area contributed by atoms with E-state index < -0.39 is 5.82 Å². The van der Waals surface area contributed by atoms with Crippen molar-refractivity contribution in [3.05, 3.63) is 83.1 Å². The second-order valence-electron chi connectivity index (χ2n) is 10.5. The van der Waals surface area contributed by atoms with Crippen LogP contribution in [0.25, 0.3) is 15.9 Å². The summed E-state index contributed by atoms with van der Waals surface area (Å²) < 4.78 is 38.6. The number of fused-ring (bicyclic) bond motifs is 1. The molecule has 4 aromatic rings. The lowest BCUT2D eigenvalue weighted by Crippen LogP contribution is -2.39. The summed E-state index contributed by atoms with van der Waals surface area (Å²) in [5.41, 5.74) is 2.45. The Balaban J connectivity index is 1.06. The van der Waals surface area contributed by atoms with E-state index in [9.17, 15) is 9.18 Å². The van der Waals surface area contributed by atoms with Gasteiger partial charge < -0.3 is 23.5 Å². The molecule has 43 heavy (non-hydrogen) atoms. The predicted molar refractivity (Wildman–Crippen MR) is 153 cm³/mol. The summed E-state index contributed by atoms with van der Waals surface area (Å²) in [5, 5.41) is 0. The van der Waals surface area contributed by atoms with Gasteiger partial charge in [-0.15, -0.1) is 0 Å². The largest absolute Gasteiger partial charge is 0.483 e. The number of methoxy groups -OCH3 is 1. The van der Waals surface area contributed by atoms with E-state index in [4.69, 9.17) is 30.5 Å². The lowest BCUT2D eigenvalue weighted by atomic mass is 10.1. The standard InChI is InChI=1S/C31H31FN6O5/c1-33-21-4-6-27(24(32)16-21)42-19-28-34-11-7-30(36-28)43-22-8-12-37(13-9-22)18-29-35-25-5-3-20(31(39)40-2)15-26(25)38(29)17-23-10-14-41-23/h3-7,11,15-16,22-23H,8-10,12-14,17-19H2,2H3/t23-/m0/s1. The molecule has 0 N–H and O–H groups in total. The van der Waals surface area contributed by atoms with Gasteiger partial charge in [0.15, 0.2) is 23.1 Å². The minimum absolute atomic E-state index is 0.0108. The highest BCUT2D eigenvalue weighted by molar-refractivity contribution is 5.93. The number of hydrogen-bond donors (Lipinski definition) is 0. The van der Waals surface area contributed by atoms with Crippen LogP contribution in [-0.4, -0.2) is 69.4 Å². The highest BCUT2D eigenvalue weighted by atomic mass is 19.1. The maximum atomic E-state index is 14.1. The van der Waals surface area contributed by atoms with Crippen LogP contribution in [-0.2, 0) is 29.2 Å². The van der Waals surface area contributed by atoms with Gasteiger partial charge in [-0.1, -0.05) is 6.07 Å². The molecule has 12 heteroatoms. The van der Waals surface area contributed by atoms with Gasteiger partial charge in [-0.25, -0.2) is 24.0 Å². The number of likely N-dealkylation sites (tertiary alicyclic amines) is 1. The highest BCUT2D eigenvalue weighted by Crippen LogP contribution is 2.26. The van der Waals surface area contributed by atoms with Crippen LogP contribution in [0.3, 0.4) is 0 Å². The number of carbonyl (C=O) groups is 1. The first-order valence-corrected chi connectivity index (χ1v) is 14.2. The van der Waals surface area contributed by atoms with Crippen molar-refractivity contribution in [3.8, 4) is 11.6 Å². The van der Waals surface area contributed by atoms with Crippen molar-refractivity contribution in [2.45, 2.75) is 51.2 Å². The smallest absolute Gasteiger partial charge is 0.337 e. The molecule has 2 fully saturated rings. The molecular weight excluding hydrogens is 555 g/mol. The van der Waals surface area contributed by atoms with Crippen molar-refractivity contribution >= 4 is 22.7 Å². The Morgan fingerprint density at radius 3 is 2.70 bits per heavy atom. The van der Waals surface area contributed by atoms with E-state index in [1.165, 1.54) is 19.2 Å². The summed E-state index contributed by atoms with van der Waals surface area (Å²) in [6.45, 7) is 10.7. The van der Waals surface area contributed by atoms with E-state index in [2.05, 4.69) is 24.3 Å². The van der Waals surface area contributed by atoms with Gasteiger partial charge in [0, 0.05) is 32.0 Å². The molecule has 0 saturated carbocycles. The van der Waals surface area contributed by atoms with E-state index >= 15 is 0 Å². The maximum absolute atomic E-state index is 14.1. The number of rotatable bonds is 10. The molecule has 4 heterocycles. The molecule has 1 atom stereocenters. The monoisotopic (exact) mass is 586 g/mol. The molecule has 0 amide bonds. The number of imidazole rings is 1. The fraction of sp³-hybridized carbons (Fsp3) is 0.387. The summed E-state index contributed by atoms with van der Waals surface area (Å²) in [5.74, 6) is 0.806. The number of aromatic nitrogens is 4. The molecule has 222 valence electrons. The van der Waals surface area contributed by atoms with Crippen LogP contribution in [0.1, 0.15) is 41.3 Å². The zero-order chi connectivity index (χ0) is 29.8. The highest BCUT2D eigenvalue weighted by Gasteiger charge is 2.26. The normalized spacial score (nSPS) is 17.3. The first kappa shape index (κ1) is 28.5. The summed E-state index contributed by atoms with van der Waals surface area (Å²) in [6, 6.07) is 11.2. The predicted octanol–water partition coefficient (Wildman–Crippen LogP) is 4.71. The fourth-order valence-corrected chi connectivity index (χ4v) is 5.26.